The van der Waals surface area contributed by atoms with Crippen LogP contribution in [-0.4, -0.2) is 17.1 Å². The van der Waals surface area contributed by atoms with Crippen molar-refractivity contribution in [3.05, 3.63) is 48.3 Å². The maximum atomic E-state index is 13.8. The van der Waals surface area contributed by atoms with Crippen molar-refractivity contribution in [3.8, 4) is 17.0 Å². The SMILES string of the molecule is COc1ccc(-c2nc3ccccc3nc2N)cc1F. The van der Waals surface area contributed by atoms with Crippen LogP contribution in [0.1, 0.15) is 0 Å². The second kappa shape index (κ2) is 4.77. The molecular formula is C15H12FN3O. The number of hydrogen-bond acceptors (Lipinski definition) is 4. The van der Waals surface area contributed by atoms with Gasteiger partial charge >= 0.3 is 0 Å². The smallest absolute Gasteiger partial charge is 0.165 e. The highest BCUT2D eigenvalue weighted by Gasteiger charge is 2.11. The zero-order valence-electron chi connectivity index (χ0n) is 10.8. The lowest BCUT2D eigenvalue weighted by Crippen LogP contribution is -1.99. The van der Waals surface area contributed by atoms with Gasteiger partial charge in [0.15, 0.2) is 17.4 Å². The Morgan fingerprint density at radius 2 is 1.75 bits per heavy atom. The maximum Gasteiger partial charge on any atom is 0.165 e. The lowest BCUT2D eigenvalue weighted by molar-refractivity contribution is 0.386. The van der Waals surface area contributed by atoms with Crippen LogP contribution in [-0.2, 0) is 0 Å². The zero-order valence-corrected chi connectivity index (χ0v) is 10.8. The van der Waals surface area contributed by atoms with Gasteiger partial charge in [0, 0.05) is 5.56 Å². The summed E-state index contributed by atoms with van der Waals surface area (Å²) in [6.45, 7) is 0. The number of nitrogens with zero attached hydrogens (tertiary/aromatic N) is 2. The lowest BCUT2D eigenvalue weighted by Gasteiger charge is -2.08. The van der Waals surface area contributed by atoms with Gasteiger partial charge in [-0.3, -0.25) is 0 Å². The topological polar surface area (TPSA) is 61.0 Å². The Kier molecular flexibility index (Phi) is 2.95. The number of aromatic nitrogens is 2. The molecule has 0 aliphatic rings. The van der Waals surface area contributed by atoms with Crippen LogP contribution >= 0.6 is 0 Å². The Morgan fingerprint density at radius 3 is 2.40 bits per heavy atom. The van der Waals surface area contributed by atoms with Crippen molar-refractivity contribution >= 4 is 16.9 Å². The number of halogens is 1. The first-order valence-electron chi connectivity index (χ1n) is 6.05. The minimum absolute atomic E-state index is 0.182. The quantitative estimate of drug-likeness (QED) is 0.776. The molecule has 3 aromatic rings. The fourth-order valence-corrected chi connectivity index (χ4v) is 2.04. The van der Waals surface area contributed by atoms with Crippen molar-refractivity contribution in [1.29, 1.82) is 0 Å². The summed E-state index contributed by atoms with van der Waals surface area (Å²) in [6, 6.07) is 12.0. The molecule has 0 saturated heterocycles. The summed E-state index contributed by atoms with van der Waals surface area (Å²) in [5.41, 5.74) is 8.37. The molecule has 0 bridgehead atoms. The number of nitrogens with two attached hydrogens (primary N) is 1. The van der Waals surface area contributed by atoms with Gasteiger partial charge in [0.1, 0.15) is 5.69 Å². The van der Waals surface area contributed by atoms with Crippen LogP contribution in [0.25, 0.3) is 22.3 Å². The van der Waals surface area contributed by atoms with Gasteiger partial charge in [-0.2, -0.15) is 0 Å². The molecule has 0 unspecified atom stereocenters. The molecule has 3 rings (SSSR count). The number of benzene rings is 2. The summed E-state index contributed by atoms with van der Waals surface area (Å²) in [5.74, 6) is -0.00584. The number of hydrogen-bond donors (Lipinski definition) is 1. The molecule has 0 aliphatic carbocycles. The van der Waals surface area contributed by atoms with Gasteiger partial charge in [0.2, 0.25) is 0 Å². The van der Waals surface area contributed by atoms with E-state index in [0.29, 0.717) is 22.3 Å². The third kappa shape index (κ3) is 2.03. The van der Waals surface area contributed by atoms with E-state index in [9.17, 15) is 4.39 Å². The van der Waals surface area contributed by atoms with E-state index < -0.39 is 5.82 Å². The second-order valence-electron chi connectivity index (χ2n) is 4.30. The molecule has 20 heavy (non-hydrogen) atoms. The first kappa shape index (κ1) is 12.3. The summed E-state index contributed by atoms with van der Waals surface area (Å²) >= 11 is 0. The van der Waals surface area contributed by atoms with Crippen molar-refractivity contribution in [2.75, 3.05) is 12.8 Å². The predicted octanol–water partition coefficient (Wildman–Crippen LogP) is 3.03. The molecule has 0 atom stereocenters. The summed E-state index contributed by atoms with van der Waals surface area (Å²) in [5, 5.41) is 0. The fourth-order valence-electron chi connectivity index (χ4n) is 2.04. The molecule has 0 aliphatic heterocycles. The van der Waals surface area contributed by atoms with Crippen LogP contribution in [0.15, 0.2) is 42.5 Å². The van der Waals surface area contributed by atoms with Crippen LogP contribution in [0.5, 0.6) is 5.75 Å². The summed E-state index contributed by atoms with van der Waals surface area (Å²) in [4.78, 5) is 8.73. The second-order valence-corrected chi connectivity index (χ2v) is 4.30. The number of para-hydroxylation sites is 2. The normalized spacial score (nSPS) is 10.7. The summed E-state index contributed by atoms with van der Waals surface area (Å²) in [6.07, 6.45) is 0. The minimum atomic E-state index is -0.459. The van der Waals surface area contributed by atoms with E-state index in [1.165, 1.54) is 13.2 Å². The molecule has 2 aromatic carbocycles. The van der Waals surface area contributed by atoms with Crippen molar-refractivity contribution in [2.24, 2.45) is 0 Å². The third-order valence-electron chi connectivity index (χ3n) is 3.02. The van der Waals surface area contributed by atoms with Gasteiger partial charge in [-0.05, 0) is 30.3 Å². The first-order chi connectivity index (χ1) is 9.69. The lowest BCUT2D eigenvalue weighted by atomic mass is 10.1. The highest BCUT2D eigenvalue weighted by Crippen LogP contribution is 2.28. The third-order valence-corrected chi connectivity index (χ3v) is 3.02. The van der Waals surface area contributed by atoms with Gasteiger partial charge in [0.05, 0.1) is 18.1 Å². The number of methoxy groups -OCH3 is 1. The molecule has 1 aromatic heterocycles. The number of ether oxygens (including phenoxy) is 1. The van der Waals surface area contributed by atoms with Crippen LogP contribution in [0, 0.1) is 5.82 Å². The Hall–Kier alpha value is -2.69. The van der Waals surface area contributed by atoms with Crippen LogP contribution in [0.2, 0.25) is 0 Å². The number of rotatable bonds is 2. The average Bonchev–Trinajstić information content (AvgIpc) is 2.46. The van der Waals surface area contributed by atoms with Crippen LogP contribution in [0.3, 0.4) is 0 Å². The van der Waals surface area contributed by atoms with E-state index in [2.05, 4.69) is 9.97 Å². The minimum Gasteiger partial charge on any atom is -0.494 e. The Labute approximate surface area is 115 Å². The first-order valence-corrected chi connectivity index (χ1v) is 6.05. The van der Waals surface area contributed by atoms with E-state index >= 15 is 0 Å². The molecule has 0 saturated carbocycles. The monoisotopic (exact) mass is 269 g/mol. The number of anilines is 1. The maximum absolute atomic E-state index is 13.8. The molecular weight excluding hydrogens is 257 g/mol. The van der Waals surface area contributed by atoms with Gasteiger partial charge in [-0.1, -0.05) is 12.1 Å². The standard InChI is InChI=1S/C15H12FN3O/c1-20-13-7-6-9(8-10(13)16)14-15(17)19-12-5-3-2-4-11(12)18-14/h2-8H,1H3,(H2,17,19). The van der Waals surface area contributed by atoms with Gasteiger partial charge in [0.25, 0.3) is 0 Å². The molecule has 0 spiro atoms. The van der Waals surface area contributed by atoms with E-state index in [0.717, 1.165) is 0 Å². The summed E-state index contributed by atoms with van der Waals surface area (Å²) < 4.78 is 18.7. The van der Waals surface area contributed by atoms with Crippen molar-refractivity contribution < 1.29 is 9.13 Å². The molecule has 4 nitrogen and oxygen atoms in total. The highest BCUT2D eigenvalue weighted by atomic mass is 19.1. The summed E-state index contributed by atoms with van der Waals surface area (Å²) in [7, 11) is 1.42. The molecule has 0 radical (unpaired) electrons. The van der Waals surface area contributed by atoms with E-state index in [1.54, 1.807) is 12.1 Å². The van der Waals surface area contributed by atoms with E-state index in [4.69, 9.17) is 10.5 Å². The average molecular weight is 269 g/mol. The van der Waals surface area contributed by atoms with Gasteiger partial charge in [-0.25, -0.2) is 14.4 Å². The fraction of sp³-hybridized carbons (Fsp3) is 0.0667. The van der Waals surface area contributed by atoms with E-state index in [1.807, 2.05) is 24.3 Å². The highest BCUT2D eigenvalue weighted by molar-refractivity contribution is 5.82. The largest absolute Gasteiger partial charge is 0.494 e. The molecule has 1 heterocycles. The van der Waals surface area contributed by atoms with Gasteiger partial charge in [-0.15, -0.1) is 0 Å². The Balaban J connectivity index is 2.18. The molecule has 100 valence electrons. The molecule has 0 amide bonds. The Bertz CT molecular complexity index is 789. The molecule has 5 heteroatoms. The predicted molar refractivity (Wildman–Crippen MR) is 75.9 cm³/mol. The zero-order chi connectivity index (χ0) is 14.1. The molecule has 0 fully saturated rings. The van der Waals surface area contributed by atoms with Crippen molar-refractivity contribution in [2.45, 2.75) is 0 Å². The number of nitrogen functional groups attached to an aromatic ring is 1. The van der Waals surface area contributed by atoms with E-state index in [-0.39, 0.29) is 11.6 Å². The molecule has 2 N–H and O–H groups in total. The van der Waals surface area contributed by atoms with Crippen molar-refractivity contribution in [1.82, 2.24) is 9.97 Å². The Morgan fingerprint density at radius 1 is 1.05 bits per heavy atom. The van der Waals surface area contributed by atoms with Crippen LogP contribution in [0.4, 0.5) is 10.2 Å². The van der Waals surface area contributed by atoms with Crippen LogP contribution < -0.4 is 10.5 Å². The van der Waals surface area contributed by atoms with Gasteiger partial charge < -0.3 is 10.5 Å². The number of fused-ring (bicyclic) bond motifs is 1. The van der Waals surface area contributed by atoms with Crippen molar-refractivity contribution in [3.63, 3.8) is 0 Å².